The molecule has 0 aliphatic carbocycles. The first-order chi connectivity index (χ1) is 12.1. The Kier molecular flexibility index (Phi) is 4.98. The maximum atomic E-state index is 12.5. The van der Waals surface area contributed by atoms with Crippen molar-refractivity contribution in [3.8, 4) is 5.75 Å². The lowest BCUT2D eigenvalue weighted by atomic mass is 10.1. The molecule has 0 bridgehead atoms. The molecule has 1 saturated heterocycles. The Hall–Kier alpha value is -2.88. The van der Waals surface area contributed by atoms with Gasteiger partial charge in [0, 0.05) is 29.8 Å². The average Bonchev–Trinajstić information content (AvgIpc) is 3.06. The van der Waals surface area contributed by atoms with Crippen molar-refractivity contribution < 1.29 is 14.3 Å². The van der Waals surface area contributed by atoms with Crippen LogP contribution in [0.4, 0.5) is 5.69 Å². The van der Waals surface area contributed by atoms with Gasteiger partial charge in [-0.2, -0.15) is 0 Å². The number of hydrogen-bond acceptors (Lipinski definition) is 3. The van der Waals surface area contributed by atoms with Gasteiger partial charge in [-0.3, -0.25) is 9.59 Å². The molecule has 1 aliphatic rings. The van der Waals surface area contributed by atoms with Crippen molar-refractivity contribution in [2.24, 2.45) is 0 Å². The highest BCUT2D eigenvalue weighted by Crippen LogP contribution is 2.24. The molecule has 4 nitrogen and oxygen atoms in total. The standard InChI is InChI=1S/C21H21NO3/c1-15-8-11-20(25-2)17(13-15)9-10-19(23)16-5-3-6-18(14-16)22-12-4-7-21(22)24/h3,5-6,8-11,13-14H,4,7,12H2,1-2H3/b10-9+. The van der Waals surface area contributed by atoms with Crippen molar-refractivity contribution in [3.05, 3.63) is 65.2 Å². The minimum atomic E-state index is -0.0999. The molecular formula is C21H21NO3. The monoisotopic (exact) mass is 335 g/mol. The van der Waals surface area contributed by atoms with E-state index in [1.807, 2.05) is 37.3 Å². The SMILES string of the molecule is COc1ccc(C)cc1/C=C/C(=O)c1cccc(N2CCCC2=O)c1. The third-order valence-corrected chi connectivity index (χ3v) is 4.32. The molecule has 1 fully saturated rings. The lowest BCUT2D eigenvalue weighted by Crippen LogP contribution is -2.23. The number of rotatable bonds is 5. The van der Waals surface area contributed by atoms with E-state index in [1.165, 1.54) is 0 Å². The molecule has 1 amide bonds. The number of ketones is 1. The van der Waals surface area contributed by atoms with E-state index in [2.05, 4.69) is 0 Å². The van der Waals surface area contributed by atoms with Gasteiger partial charge in [0.15, 0.2) is 5.78 Å². The summed E-state index contributed by atoms with van der Waals surface area (Å²) in [6, 6.07) is 13.1. The zero-order chi connectivity index (χ0) is 17.8. The smallest absolute Gasteiger partial charge is 0.227 e. The van der Waals surface area contributed by atoms with E-state index in [9.17, 15) is 9.59 Å². The van der Waals surface area contributed by atoms with E-state index in [-0.39, 0.29) is 11.7 Å². The van der Waals surface area contributed by atoms with Crippen LogP contribution in [0, 0.1) is 6.92 Å². The number of nitrogens with zero attached hydrogens (tertiary/aromatic N) is 1. The lowest BCUT2D eigenvalue weighted by molar-refractivity contribution is -0.117. The third-order valence-electron chi connectivity index (χ3n) is 4.32. The number of anilines is 1. The summed E-state index contributed by atoms with van der Waals surface area (Å²) >= 11 is 0. The minimum Gasteiger partial charge on any atom is -0.496 e. The van der Waals surface area contributed by atoms with Crippen molar-refractivity contribution in [2.45, 2.75) is 19.8 Å². The largest absolute Gasteiger partial charge is 0.496 e. The number of benzene rings is 2. The second-order valence-electron chi connectivity index (χ2n) is 6.14. The highest BCUT2D eigenvalue weighted by molar-refractivity contribution is 6.08. The van der Waals surface area contributed by atoms with Gasteiger partial charge in [-0.15, -0.1) is 0 Å². The molecule has 0 aromatic heterocycles. The highest BCUT2D eigenvalue weighted by atomic mass is 16.5. The fourth-order valence-corrected chi connectivity index (χ4v) is 2.99. The second kappa shape index (κ2) is 7.34. The topological polar surface area (TPSA) is 46.6 Å². The van der Waals surface area contributed by atoms with Crippen molar-refractivity contribution >= 4 is 23.5 Å². The number of carbonyl (C=O) groups excluding carboxylic acids is 2. The highest BCUT2D eigenvalue weighted by Gasteiger charge is 2.22. The Morgan fingerprint density at radius 3 is 2.76 bits per heavy atom. The van der Waals surface area contributed by atoms with E-state index >= 15 is 0 Å². The van der Waals surface area contributed by atoms with Gasteiger partial charge in [0.25, 0.3) is 0 Å². The van der Waals surface area contributed by atoms with Gasteiger partial charge in [-0.25, -0.2) is 0 Å². The van der Waals surface area contributed by atoms with Gasteiger partial charge in [-0.1, -0.05) is 23.8 Å². The van der Waals surface area contributed by atoms with E-state index in [0.29, 0.717) is 18.5 Å². The summed E-state index contributed by atoms with van der Waals surface area (Å²) in [7, 11) is 1.61. The number of allylic oxidation sites excluding steroid dienone is 1. The molecule has 0 N–H and O–H groups in total. The van der Waals surface area contributed by atoms with Gasteiger partial charge >= 0.3 is 0 Å². The molecule has 0 unspecified atom stereocenters. The van der Waals surface area contributed by atoms with Crippen LogP contribution in [0.25, 0.3) is 6.08 Å². The summed E-state index contributed by atoms with van der Waals surface area (Å²) in [5.41, 5.74) is 3.32. The Morgan fingerprint density at radius 2 is 2.04 bits per heavy atom. The zero-order valence-corrected chi connectivity index (χ0v) is 14.5. The molecule has 0 radical (unpaired) electrons. The summed E-state index contributed by atoms with van der Waals surface area (Å²) in [6.07, 6.45) is 4.75. The number of carbonyl (C=O) groups is 2. The molecule has 1 aliphatic heterocycles. The van der Waals surface area contributed by atoms with Gasteiger partial charge in [0.05, 0.1) is 7.11 Å². The van der Waals surface area contributed by atoms with Crippen molar-refractivity contribution in [3.63, 3.8) is 0 Å². The zero-order valence-electron chi connectivity index (χ0n) is 14.5. The summed E-state index contributed by atoms with van der Waals surface area (Å²) < 4.78 is 5.33. The van der Waals surface area contributed by atoms with Crippen LogP contribution in [0.2, 0.25) is 0 Å². The average molecular weight is 335 g/mol. The predicted molar refractivity (Wildman–Crippen MR) is 99.1 cm³/mol. The summed E-state index contributed by atoms with van der Waals surface area (Å²) in [5.74, 6) is 0.743. The molecular weight excluding hydrogens is 314 g/mol. The first-order valence-corrected chi connectivity index (χ1v) is 8.36. The normalized spacial score (nSPS) is 14.3. The number of hydrogen-bond donors (Lipinski definition) is 0. The molecule has 128 valence electrons. The molecule has 2 aromatic rings. The van der Waals surface area contributed by atoms with E-state index in [4.69, 9.17) is 4.74 Å². The van der Waals surface area contributed by atoms with Crippen molar-refractivity contribution in [1.82, 2.24) is 0 Å². The molecule has 2 aromatic carbocycles. The lowest BCUT2D eigenvalue weighted by Gasteiger charge is -2.16. The first kappa shape index (κ1) is 17.0. The summed E-state index contributed by atoms with van der Waals surface area (Å²) in [5, 5.41) is 0. The van der Waals surface area contributed by atoms with E-state index < -0.39 is 0 Å². The van der Waals surface area contributed by atoms with Crippen LogP contribution in [0.15, 0.2) is 48.5 Å². The minimum absolute atomic E-state index is 0.0999. The summed E-state index contributed by atoms with van der Waals surface area (Å²) in [6.45, 7) is 2.71. The number of ether oxygens (including phenoxy) is 1. The Labute approximate surface area is 147 Å². The second-order valence-corrected chi connectivity index (χ2v) is 6.14. The van der Waals surface area contributed by atoms with Gasteiger partial charge in [-0.05, 0) is 49.8 Å². The van der Waals surface area contributed by atoms with Crippen LogP contribution in [0.1, 0.15) is 34.3 Å². The first-order valence-electron chi connectivity index (χ1n) is 8.36. The maximum Gasteiger partial charge on any atom is 0.227 e. The predicted octanol–water partition coefficient (Wildman–Crippen LogP) is 4.03. The fourth-order valence-electron chi connectivity index (χ4n) is 2.99. The maximum absolute atomic E-state index is 12.5. The molecule has 25 heavy (non-hydrogen) atoms. The number of aryl methyl sites for hydroxylation is 1. The molecule has 4 heteroatoms. The van der Waals surface area contributed by atoms with Gasteiger partial charge in [0.1, 0.15) is 5.75 Å². The van der Waals surface area contributed by atoms with Gasteiger partial charge in [0.2, 0.25) is 5.91 Å². The van der Waals surface area contributed by atoms with Gasteiger partial charge < -0.3 is 9.64 Å². The van der Waals surface area contributed by atoms with Crippen LogP contribution in [-0.4, -0.2) is 25.3 Å². The van der Waals surface area contributed by atoms with Crippen LogP contribution in [-0.2, 0) is 4.79 Å². The third kappa shape index (κ3) is 3.79. The Morgan fingerprint density at radius 1 is 1.20 bits per heavy atom. The molecule has 3 rings (SSSR count). The quantitative estimate of drug-likeness (QED) is 0.612. The Bertz CT molecular complexity index is 839. The van der Waals surface area contributed by atoms with Crippen LogP contribution in [0.5, 0.6) is 5.75 Å². The van der Waals surface area contributed by atoms with E-state index in [1.54, 1.807) is 36.3 Å². The van der Waals surface area contributed by atoms with Crippen molar-refractivity contribution in [1.29, 1.82) is 0 Å². The number of methoxy groups -OCH3 is 1. The van der Waals surface area contributed by atoms with Crippen LogP contribution < -0.4 is 9.64 Å². The summed E-state index contributed by atoms with van der Waals surface area (Å²) in [4.78, 5) is 26.1. The molecule has 0 saturated carbocycles. The molecule has 0 spiro atoms. The van der Waals surface area contributed by atoms with Crippen LogP contribution >= 0.6 is 0 Å². The number of amides is 1. The van der Waals surface area contributed by atoms with E-state index in [0.717, 1.165) is 29.0 Å². The molecule has 0 atom stereocenters. The fraction of sp³-hybridized carbons (Fsp3) is 0.238. The Balaban J connectivity index is 1.82. The van der Waals surface area contributed by atoms with Crippen molar-refractivity contribution in [2.75, 3.05) is 18.6 Å². The molecule has 1 heterocycles. The van der Waals surface area contributed by atoms with Crippen LogP contribution in [0.3, 0.4) is 0 Å².